The van der Waals surface area contributed by atoms with Crippen LogP contribution in [0.15, 0.2) is 23.7 Å². The van der Waals surface area contributed by atoms with Gasteiger partial charge in [0.05, 0.1) is 25.5 Å². The highest BCUT2D eigenvalue weighted by Crippen LogP contribution is 2.45. The van der Waals surface area contributed by atoms with Gasteiger partial charge < -0.3 is 15.0 Å². The molecule has 2 atom stereocenters. The number of morpholine rings is 1. The number of nitrogens with one attached hydrogen (secondary N) is 1. The first-order chi connectivity index (χ1) is 12.4. The minimum Gasteiger partial charge on any atom is -0.378 e. The molecule has 4 heterocycles. The maximum absolute atomic E-state index is 13.6. The summed E-state index contributed by atoms with van der Waals surface area (Å²) in [5, 5.41) is 8.82. The first kappa shape index (κ1) is 17.3. The van der Waals surface area contributed by atoms with Gasteiger partial charge in [0, 0.05) is 24.4 Å². The van der Waals surface area contributed by atoms with Crippen molar-refractivity contribution in [2.45, 2.75) is 24.7 Å². The topological polar surface area (TPSA) is 59.4 Å². The van der Waals surface area contributed by atoms with E-state index < -0.39 is 18.3 Å². The predicted molar refractivity (Wildman–Crippen MR) is 89.3 cm³/mol. The van der Waals surface area contributed by atoms with Crippen molar-refractivity contribution in [2.24, 2.45) is 0 Å². The molecule has 10 heteroatoms. The number of thiophene rings is 1. The van der Waals surface area contributed by atoms with Crippen molar-refractivity contribution in [1.29, 1.82) is 0 Å². The van der Waals surface area contributed by atoms with Gasteiger partial charge in [0.1, 0.15) is 11.4 Å². The molecule has 0 aromatic carbocycles. The van der Waals surface area contributed by atoms with Crippen LogP contribution in [0, 0.1) is 0 Å². The van der Waals surface area contributed by atoms with E-state index in [0.717, 1.165) is 9.56 Å². The normalized spacial score (nSPS) is 23.4. The summed E-state index contributed by atoms with van der Waals surface area (Å²) in [6.45, 7) is 1.68. The van der Waals surface area contributed by atoms with Crippen LogP contribution in [0.3, 0.4) is 0 Å². The van der Waals surface area contributed by atoms with Crippen molar-refractivity contribution in [3.63, 3.8) is 0 Å². The van der Waals surface area contributed by atoms with Gasteiger partial charge in [0.25, 0.3) is 5.91 Å². The second-order valence-corrected chi connectivity index (χ2v) is 7.24. The lowest BCUT2D eigenvalue weighted by atomic mass is 10.0. The first-order valence-corrected chi connectivity index (χ1v) is 9.14. The number of carbonyl (C=O) groups excluding carboxylic acids is 1. The zero-order valence-corrected chi connectivity index (χ0v) is 14.5. The zero-order valence-electron chi connectivity index (χ0n) is 13.7. The van der Waals surface area contributed by atoms with E-state index in [9.17, 15) is 18.0 Å². The summed E-state index contributed by atoms with van der Waals surface area (Å²) in [6.07, 6.45) is -3.38. The molecule has 2 aromatic heterocycles. The van der Waals surface area contributed by atoms with Gasteiger partial charge in [-0.25, -0.2) is 4.68 Å². The van der Waals surface area contributed by atoms with Gasteiger partial charge in [-0.2, -0.15) is 18.3 Å². The summed E-state index contributed by atoms with van der Waals surface area (Å²) in [4.78, 5) is 15.2. The third-order valence-electron chi connectivity index (χ3n) is 4.65. The standard InChI is InChI=1S/C16H17F3N4O2S/c17-16(18,19)13-8-11(12-2-1-7-26-12)21-14-10(9-20-23(13)14)15(24)22-3-5-25-6-4-22/h1-2,7,9,11,13,21H,3-6,8H2/t11-,13-/m0/s1. The van der Waals surface area contributed by atoms with Crippen molar-refractivity contribution in [1.82, 2.24) is 14.7 Å². The number of anilines is 1. The molecule has 0 bridgehead atoms. The molecule has 1 saturated heterocycles. The molecule has 140 valence electrons. The fourth-order valence-electron chi connectivity index (χ4n) is 3.33. The van der Waals surface area contributed by atoms with E-state index in [2.05, 4.69) is 10.4 Å². The van der Waals surface area contributed by atoms with Crippen LogP contribution in [0.4, 0.5) is 19.0 Å². The summed E-state index contributed by atoms with van der Waals surface area (Å²) in [5.41, 5.74) is 0.169. The van der Waals surface area contributed by atoms with Crippen LogP contribution in [0.2, 0.25) is 0 Å². The number of ether oxygens (including phenoxy) is 1. The summed E-state index contributed by atoms with van der Waals surface area (Å²) < 4.78 is 46.9. The molecule has 0 radical (unpaired) electrons. The Morgan fingerprint density at radius 1 is 1.35 bits per heavy atom. The van der Waals surface area contributed by atoms with Crippen LogP contribution in [-0.2, 0) is 4.74 Å². The maximum atomic E-state index is 13.6. The Balaban J connectivity index is 1.70. The Labute approximate surface area is 151 Å². The molecule has 1 N–H and O–H groups in total. The number of aromatic nitrogens is 2. The Bertz CT molecular complexity index is 784. The SMILES string of the molecule is O=C(c1cnn2c1N[C@H](c1cccs1)C[C@H]2C(F)(F)F)N1CCOCC1. The molecule has 1 amide bonds. The van der Waals surface area contributed by atoms with Crippen LogP contribution in [0.1, 0.15) is 33.7 Å². The Kier molecular flexibility index (Phi) is 4.39. The Morgan fingerprint density at radius 3 is 2.77 bits per heavy atom. The largest absolute Gasteiger partial charge is 0.410 e. The van der Waals surface area contributed by atoms with Crippen LogP contribution in [0.25, 0.3) is 0 Å². The number of halogens is 3. The number of carbonyl (C=O) groups is 1. The van der Waals surface area contributed by atoms with Gasteiger partial charge in [-0.05, 0) is 11.4 Å². The van der Waals surface area contributed by atoms with Gasteiger partial charge in [-0.1, -0.05) is 6.07 Å². The van der Waals surface area contributed by atoms with E-state index in [0.29, 0.717) is 26.3 Å². The van der Waals surface area contributed by atoms with E-state index in [1.165, 1.54) is 17.5 Å². The smallest absolute Gasteiger partial charge is 0.378 e. The number of hydrogen-bond donors (Lipinski definition) is 1. The predicted octanol–water partition coefficient (Wildman–Crippen LogP) is 3.08. The number of alkyl halides is 3. The van der Waals surface area contributed by atoms with Gasteiger partial charge in [-0.3, -0.25) is 4.79 Å². The fourth-order valence-corrected chi connectivity index (χ4v) is 4.12. The van der Waals surface area contributed by atoms with E-state index in [1.54, 1.807) is 17.0 Å². The lowest BCUT2D eigenvalue weighted by Crippen LogP contribution is -2.41. The van der Waals surface area contributed by atoms with Gasteiger partial charge >= 0.3 is 6.18 Å². The third kappa shape index (κ3) is 3.07. The van der Waals surface area contributed by atoms with Gasteiger partial charge in [0.2, 0.25) is 0 Å². The third-order valence-corrected chi connectivity index (χ3v) is 5.64. The molecule has 0 aliphatic carbocycles. The first-order valence-electron chi connectivity index (χ1n) is 8.26. The van der Waals surface area contributed by atoms with Crippen molar-refractivity contribution < 1.29 is 22.7 Å². The lowest BCUT2D eigenvalue weighted by molar-refractivity contribution is -0.173. The Hall–Kier alpha value is -2.07. The van der Waals surface area contributed by atoms with E-state index in [1.807, 2.05) is 5.38 Å². The molecule has 26 heavy (non-hydrogen) atoms. The molecule has 2 aliphatic rings. The van der Waals surface area contributed by atoms with Crippen molar-refractivity contribution >= 4 is 23.1 Å². The van der Waals surface area contributed by atoms with Crippen LogP contribution in [-0.4, -0.2) is 53.1 Å². The number of amides is 1. The highest BCUT2D eigenvalue weighted by atomic mass is 32.1. The average Bonchev–Trinajstić information content (AvgIpc) is 3.30. The molecule has 0 spiro atoms. The molecule has 0 saturated carbocycles. The Morgan fingerprint density at radius 2 is 2.12 bits per heavy atom. The van der Waals surface area contributed by atoms with Crippen LogP contribution in [0.5, 0.6) is 0 Å². The maximum Gasteiger partial charge on any atom is 0.410 e. The molecular formula is C16H17F3N4O2S. The second-order valence-electron chi connectivity index (χ2n) is 6.26. The molecule has 4 rings (SSSR count). The molecule has 2 aromatic rings. The second kappa shape index (κ2) is 6.58. The summed E-state index contributed by atoms with van der Waals surface area (Å²) >= 11 is 1.39. The average molecular weight is 386 g/mol. The number of nitrogens with zero attached hydrogens (tertiary/aromatic N) is 3. The van der Waals surface area contributed by atoms with Gasteiger partial charge in [0.15, 0.2) is 6.04 Å². The monoisotopic (exact) mass is 386 g/mol. The number of rotatable bonds is 2. The fraction of sp³-hybridized carbons (Fsp3) is 0.500. The molecule has 6 nitrogen and oxygen atoms in total. The van der Waals surface area contributed by atoms with Crippen LogP contribution < -0.4 is 5.32 Å². The van der Waals surface area contributed by atoms with Crippen molar-refractivity contribution in [2.75, 3.05) is 31.6 Å². The van der Waals surface area contributed by atoms with E-state index in [-0.39, 0.29) is 23.7 Å². The molecular weight excluding hydrogens is 369 g/mol. The minimum atomic E-state index is -4.45. The number of hydrogen-bond acceptors (Lipinski definition) is 5. The summed E-state index contributed by atoms with van der Waals surface area (Å²) in [6, 6.07) is 1.32. The minimum absolute atomic E-state index is 0.133. The van der Waals surface area contributed by atoms with Crippen LogP contribution >= 0.6 is 11.3 Å². The van der Waals surface area contributed by atoms with E-state index >= 15 is 0 Å². The summed E-state index contributed by atoms with van der Waals surface area (Å²) in [5.74, 6) is -0.191. The van der Waals surface area contributed by atoms with Crippen molar-refractivity contribution in [3.8, 4) is 0 Å². The number of fused-ring (bicyclic) bond motifs is 1. The van der Waals surface area contributed by atoms with Crippen molar-refractivity contribution in [3.05, 3.63) is 34.2 Å². The molecule has 2 aliphatic heterocycles. The highest BCUT2D eigenvalue weighted by Gasteiger charge is 2.47. The van der Waals surface area contributed by atoms with Gasteiger partial charge in [-0.15, -0.1) is 11.3 Å². The summed E-state index contributed by atoms with van der Waals surface area (Å²) in [7, 11) is 0. The molecule has 1 fully saturated rings. The van der Waals surface area contributed by atoms with E-state index in [4.69, 9.17) is 4.74 Å². The zero-order chi connectivity index (χ0) is 18.3. The molecule has 0 unspecified atom stereocenters. The quantitative estimate of drug-likeness (QED) is 0.862. The lowest BCUT2D eigenvalue weighted by Gasteiger charge is -2.34. The highest BCUT2D eigenvalue weighted by molar-refractivity contribution is 7.10.